The van der Waals surface area contributed by atoms with Crippen LogP contribution in [-0.2, 0) is 24.2 Å². The Bertz CT molecular complexity index is 425. The molecular formula is C13H22N4O. The molecule has 3 N–H and O–H groups in total. The molecular weight excluding hydrogens is 228 g/mol. The summed E-state index contributed by atoms with van der Waals surface area (Å²) >= 11 is 0. The van der Waals surface area contributed by atoms with Crippen LogP contribution in [-0.4, -0.2) is 27.5 Å². The summed E-state index contributed by atoms with van der Waals surface area (Å²) in [7, 11) is 0. The predicted octanol–water partition coefficient (Wildman–Crippen LogP) is 0.614. The standard InChI is InChI=1S/C13H22N4O/c1-9(2)16-11(13(14)18)7-17-8-15-10-5-3-4-6-12(10)17/h8-9,11,16H,3-7H2,1-2H3,(H2,14,18). The first-order valence-corrected chi connectivity index (χ1v) is 6.66. The average molecular weight is 250 g/mol. The summed E-state index contributed by atoms with van der Waals surface area (Å²) in [6, 6.07) is -0.0907. The summed E-state index contributed by atoms with van der Waals surface area (Å²) in [5, 5.41) is 3.20. The van der Waals surface area contributed by atoms with Gasteiger partial charge in [-0.1, -0.05) is 13.8 Å². The van der Waals surface area contributed by atoms with Gasteiger partial charge in [-0.2, -0.15) is 0 Å². The molecule has 1 aliphatic rings. The fraction of sp³-hybridized carbons (Fsp3) is 0.692. The molecule has 1 amide bonds. The molecule has 1 aromatic rings. The third-order valence-electron chi connectivity index (χ3n) is 3.37. The molecule has 1 unspecified atom stereocenters. The zero-order valence-corrected chi connectivity index (χ0v) is 11.1. The third kappa shape index (κ3) is 2.90. The number of aromatic nitrogens is 2. The van der Waals surface area contributed by atoms with Gasteiger partial charge in [0, 0.05) is 18.3 Å². The lowest BCUT2D eigenvalue weighted by Crippen LogP contribution is -2.47. The number of nitrogens with two attached hydrogens (primary N) is 1. The van der Waals surface area contributed by atoms with E-state index in [2.05, 4.69) is 14.9 Å². The van der Waals surface area contributed by atoms with E-state index in [4.69, 9.17) is 5.73 Å². The van der Waals surface area contributed by atoms with E-state index in [0.717, 1.165) is 12.8 Å². The van der Waals surface area contributed by atoms with Crippen molar-refractivity contribution in [2.75, 3.05) is 0 Å². The highest BCUT2D eigenvalue weighted by atomic mass is 16.1. The van der Waals surface area contributed by atoms with Crippen molar-refractivity contribution in [2.45, 2.75) is 58.2 Å². The SMILES string of the molecule is CC(C)NC(Cn1cnc2c1CCCC2)C(N)=O. The normalized spacial score (nSPS) is 16.6. The zero-order chi connectivity index (χ0) is 13.1. The van der Waals surface area contributed by atoms with E-state index in [9.17, 15) is 4.79 Å². The van der Waals surface area contributed by atoms with Crippen molar-refractivity contribution >= 4 is 5.91 Å². The first kappa shape index (κ1) is 13.1. The van der Waals surface area contributed by atoms with Crippen LogP contribution in [0.25, 0.3) is 0 Å². The molecule has 0 bridgehead atoms. The van der Waals surface area contributed by atoms with Gasteiger partial charge in [-0.3, -0.25) is 4.79 Å². The van der Waals surface area contributed by atoms with E-state index >= 15 is 0 Å². The zero-order valence-electron chi connectivity index (χ0n) is 11.1. The Morgan fingerprint density at radius 3 is 2.89 bits per heavy atom. The quantitative estimate of drug-likeness (QED) is 0.804. The lowest BCUT2D eigenvalue weighted by molar-refractivity contribution is -0.120. The summed E-state index contributed by atoms with van der Waals surface area (Å²) in [6.07, 6.45) is 6.38. The number of imidazole rings is 1. The number of carbonyl (C=O) groups excluding carboxylic acids is 1. The molecule has 2 rings (SSSR count). The van der Waals surface area contributed by atoms with E-state index in [-0.39, 0.29) is 18.0 Å². The van der Waals surface area contributed by atoms with Gasteiger partial charge in [0.1, 0.15) is 6.04 Å². The van der Waals surface area contributed by atoms with Crippen LogP contribution in [0.5, 0.6) is 0 Å². The molecule has 0 saturated carbocycles. The van der Waals surface area contributed by atoms with Gasteiger partial charge in [0.05, 0.1) is 12.0 Å². The van der Waals surface area contributed by atoms with Crippen molar-refractivity contribution in [3.8, 4) is 0 Å². The minimum Gasteiger partial charge on any atom is -0.368 e. The first-order valence-electron chi connectivity index (χ1n) is 6.66. The Morgan fingerprint density at radius 2 is 2.22 bits per heavy atom. The Labute approximate surface area is 108 Å². The summed E-state index contributed by atoms with van der Waals surface area (Å²) in [5.41, 5.74) is 7.91. The van der Waals surface area contributed by atoms with Crippen LogP contribution >= 0.6 is 0 Å². The molecule has 1 aliphatic carbocycles. The molecule has 0 aromatic carbocycles. The number of amides is 1. The number of carbonyl (C=O) groups is 1. The number of hydrogen-bond donors (Lipinski definition) is 2. The van der Waals surface area contributed by atoms with Gasteiger partial charge in [-0.15, -0.1) is 0 Å². The van der Waals surface area contributed by atoms with Gasteiger partial charge < -0.3 is 15.6 Å². The number of fused-ring (bicyclic) bond motifs is 1. The van der Waals surface area contributed by atoms with Crippen LogP contribution in [0.2, 0.25) is 0 Å². The van der Waals surface area contributed by atoms with Crippen LogP contribution in [0.1, 0.15) is 38.1 Å². The van der Waals surface area contributed by atoms with E-state index in [0.29, 0.717) is 6.54 Å². The lowest BCUT2D eigenvalue weighted by Gasteiger charge is -2.21. The molecule has 1 aromatic heterocycles. The Hall–Kier alpha value is -1.36. The molecule has 0 spiro atoms. The van der Waals surface area contributed by atoms with E-state index in [1.165, 1.54) is 24.2 Å². The monoisotopic (exact) mass is 250 g/mol. The number of nitrogens with zero attached hydrogens (tertiary/aromatic N) is 2. The smallest absolute Gasteiger partial charge is 0.236 e. The van der Waals surface area contributed by atoms with E-state index in [1.807, 2.05) is 20.2 Å². The van der Waals surface area contributed by atoms with Crippen LogP contribution < -0.4 is 11.1 Å². The Morgan fingerprint density at radius 1 is 1.50 bits per heavy atom. The second-order valence-corrected chi connectivity index (χ2v) is 5.27. The van der Waals surface area contributed by atoms with Gasteiger partial charge in [-0.05, 0) is 25.7 Å². The molecule has 1 atom stereocenters. The summed E-state index contributed by atoms with van der Waals surface area (Å²) in [5.74, 6) is -0.304. The fourth-order valence-electron chi connectivity index (χ4n) is 2.51. The molecule has 5 nitrogen and oxygen atoms in total. The van der Waals surface area contributed by atoms with Gasteiger partial charge in [0.25, 0.3) is 0 Å². The molecule has 5 heteroatoms. The van der Waals surface area contributed by atoms with Gasteiger partial charge >= 0.3 is 0 Å². The number of hydrogen-bond acceptors (Lipinski definition) is 3. The van der Waals surface area contributed by atoms with Gasteiger partial charge in [0.2, 0.25) is 5.91 Å². The molecule has 18 heavy (non-hydrogen) atoms. The lowest BCUT2D eigenvalue weighted by atomic mass is 10.0. The van der Waals surface area contributed by atoms with Crippen molar-refractivity contribution in [1.82, 2.24) is 14.9 Å². The maximum absolute atomic E-state index is 11.5. The average Bonchev–Trinajstić information content (AvgIpc) is 2.71. The second-order valence-electron chi connectivity index (χ2n) is 5.27. The minimum absolute atomic E-state index is 0.238. The number of primary amides is 1. The Balaban J connectivity index is 2.11. The van der Waals surface area contributed by atoms with Crippen molar-refractivity contribution in [1.29, 1.82) is 0 Å². The fourth-order valence-corrected chi connectivity index (χ4v) is 2.51. The van der Waals surface area contributed by atoms with Crippen molar-refractivity contribution in [2.24, 2.45) is 5.73 Å². The van der Waals surface area contributed by atoms with Crippen molar-refractivity contribution < 1.29 is 4.79 Å². The summed E-state index contributed by atoms with van der Waals surface area (Å²) in [4.78, 5) is 15.9. The molecule has 0 saturated heterocycles. The third-order valence-corrected chi connectivity index (χ3v) is 3.37. The number of nitrogens with one attached hydrogen (secondary N) is 1. The van der Waals surface area contributed by atoms with Crippen LogP contribution in [0.3, 0.4) is 0 Å². The minimum atomic E-state index is -0.328. The highest BCUT2D eigenvalue weighted by Crippen LogP contribution is 2.20. The van der Waals surface area contributed by atoms with Crippen LogP contribution in [0, 0.1) is 0 Å². The number of rotatable bonds is 5. The maximum Gasteiger partial charge on any atom is 0.236 e. The molecule has 1 heterocycles. The van der Waals surface area contributed by atoms with E-state index in [1.54, 1.807) is 0 Å². The van der Waals surface area contributed by atoms with Crippen LogP contribution in [0.15, 0.2) is 6.33 Å². The number of aryl methyl sites for hydroxylation is 1. The predicted molar refractivity (Wildman–Crippen MR) is 70.1 cm³/mol. The van der Waals surface area contributed by atoms with Crippen LogP contribution in [0.4, 0.5) is 0 Å². The van der Waals surface area contributed by atoms with Gasteiger partial charge in [0.15, 0.2) is 0 Å². The molecule has 0 radical (unpaired) electrons. The van der Waals surface area contributed by atoms with Gasteiger partial charge in [-0.25, -0.2) is 4.98 Å². The second kappa shape index (κ2) is 5.52. The maximum atomic E-state index is 11.5. The molecule has 100 valence electrons. The molecule has 0 aliphatic heterocycles. The van der Waals surface area contributed by atoms with Crippen molar-refractivity contribution in [3.05, 3.63) is 17.7 Å². The molecule has 0 fully saturated rings. The Kier molecular flexibility index (Phi) is 4.01. The summed E-state index contributed by atoms with van der Waals surface area (Å²) in [6.45, 7) is 4.61. The topological polar surface area (TPSA) is 72.9 Å². The van der Waals surface area contributed by atoms with E-state index < -0.39 is 0 Å². The van der Waals surface area contributed by atoms with Crippen molar-refractivity contribution in [3.63, 3.8) is 0 Å². The highest BCUT2D eigenvalue weighted by Gasteiger charge is 2.21. The highest BCUT2D eigenvalue weighted by molar-refractivity contribution is 5.79. The summed E-state index contributed by atoms with van der Waals surface area (Å²) < 4.78 is 2.08. The largest absolute Gasteiger partial charge is 0.368 e. The first-order chi connectivity index (χ1) is 8.58.